The SMILES string of the molecule is Cc1ccc(-c2c(C)c3c(c(C)c2CC(=O)O)NS(=O)(=O)Cc2cc(F)ccc2-3)c(OC(C)(C)C)c1. The van der Waals surface area contributed by atoms with Gasteiger partial charge >= 0.3 is 5.97 Å². The van der Waals surface area contributed by atoms with Gasteiger partial charge in [0.25, 0.3) is 0 Å². The minimum Gasteiger partial charge on any atom is -0.488 e. The summed E-state index contributed by atoms with van der Waals surface area (Å²) in [5.41, 5.74) is 5.41. The Labute approximate surface area is 211 Å². The Morgan fingerprint density at radius 1 is 1.03 bits per heavy atom. The third-order valence-corrected chi connectivity index (χ3v) is 7.43. The number of carboxylic acids is 1. The molecule has 0 aliphatic carbocycles. The fourth-order valence-electron chi connectivity index (χ4n) is 4.84. The van der Waals surface area contributed by atoms with Crippen LogP contribution in [0, 0.1) is 26.6 Å². The standard InChI is InChI=1S/C28H30FNO5S/c1-15-7-9-21(23(11-15)35-28(4,5)6)25-17(3)26-20-10-8-19(29)12-18(20)14-36(33,34)30-27(26)16(2)22(25)13-24(31)32/h7-12,30H,13-14H2,1-6H3,(H,31,32). The van der Waals surface area contributed by atoms with Crippen molar-refractivity contribution < 1.29 is 27.4 Å². The van der Waals surface area contributed by atoms with E-state index in [4.69, 9.17) is 4.74 Å². The molecule has 0 amide bonds. The van der Waals surface area contributed by atoms with E-state index in [1.54, 1.807) is 13.0 Å². The molecule has 8 heteroatoms. The maximum absolute atomic E-state index is 14.1. The number of carboxylic acid groups (broad SMARTS) is 1. The number of aliphatic carboxylic acids is 1. The number of carbonyl (C=O) groups is 1. The van der Waals surface area contributed by atoms with E-state index >= 15 is 0 Å². The summed E-state index contributed by atoms with van der Waals surface area (Å²) in [7, 11) is -3.85. The van der Waals surface area contributed by atoms with E-state index in [1.165, 1.54) is 12.1 Å². The van der Waals surface area contributed by atoms with Gasteiger partial charge in [-0.05, 0) is 98.7 Å². The lowest BCUT2D eigenvalue weighted by atomic mass is 9.82. The highest BCUT2D eigenvalue weighted by Gasteiger charge is 2.31. The van der Waals surface area contributed by atoms with Crippen LogP contribution < -0.4 is 9.46 Å². The maximum atomic E-state index is 14.1. The summed E-state index contributed by atoms with van der Waals surface area (Å²) >= 11 is 0. The van der Waals surface area contributed by atoms with Crippen LogP contribution in [0.1, 0.15) is 48.6 Å². The molecule has 0 bridgehead atoms. The molecule has 3 aromatic carbocycles. The zero-order chi connectivity index (χ0) is 26.6. The second-order valence-electron chi connectivity index (χ2n) is 10.3. The number of hydrogen-bond acceptors (Lipinski definition) is 4. The quantitative estimate of drug-likeness (QED) is 0.439. The number of anilines is 1. The summed E-state index contributed by atoms with van der Waals surface area (Å²) in [6, 6.07) is 9.88. The molecular formula is C28H30FNO5S. The molecule has 2 N–H and O–H groups in total. The molecule has 0 fully saturated rings. The van der Waals surface area contributed by atoms with E-state index in [1.807, 2.05) is 52.8 Å². The predicted molar refractivity (Wildman–Crippen MR) is 139 cm³/mol. The number of fused-ring (bicyclic) bond motifs is 3. The van der Waals surface area contributed by atoms with Gasteiger partial charge in [0.05, 0.1) is 17.9 Å². The molecule has 0 aromatic heterocycles. The van der Waals surface area contributed by atoms with E-state index in [2.05, 4.69) is 4.72 Å². The van der Waals surface area contributed by atoms with Crippen LogP contribution in [0.25, 0.3) is 22.3 Å². The van der Waals surface area contributed by atoms with Gasteiger partial charge in [-0.25, -0.2) is 12.8 Å². The summed E-state index contributed by atoms with van der Waals surface area (Å²) in [4.78, 5) is 12.0. The number of sulfonamides is 1. The fraction of sp³-hybridized carbons (Fsp3) is 0.321. The van der Waals surface area contributed by atoms with Crippen LogP contribution in [-0.2, 0) is 27.0 Å². The first-order valence-corrected chi connectivity index (χ1v) is 13.3. The molecule has 0 unspecified atom stereocenters. The lowest BCUT2D eigenvalue weighted by molar-refractivity contribution is -0.136. The van der Waals surface area contributed by atoms with Gasteiger partial charge in [0.15, 0.2) is 0 Å². The first-order chi connectivity index (χ1) is 16.7. The maximum Gasteiger partial charge on any atom is 0.307 e. The van der Waals surface area contributed by atoms with Gasteiger partial charge in [-0.2, -0.15) is 0 Å². The van der Waals surface area contributed by atoms with Gasteiger partial charge in [0, 0.05) is 11.1 Å². The molecule has 1 aliphatic rings. The molecule has 190 valence electrons. The Morgan fingerprint density at radius 2 is 1.69 bits per heavy atom. The molecule has 0 atom stereocenters. The van der Waals surface area contributed by atoms with Crippen LogP contribution in [0.4, 0.5) is 10.1 Å². The smallest absolute Gasteiger partial charge is 0.307 e. The minimum absolute atomic E-state index is 0.309. The lowest BCUT2D eigenvalue weighted by Gasteiger charge is -2.27. The van der Waals surface area contributed by atoms with E-state index in [0.717, 1.165) is 5.56 Å². The van der Waals surface area contributed by atoms with Gasteiger partial charge in [-0.3, -0.25) is 9.52 Å². The highest BCUT2D eigenvalue weighted by atomic mass is 32.2. The second kappa shape index (κ2) is 8.92. The van der Waals surface area contributed by atoms with Gasteiger partial charge in [0.2, 0.25) is 10.0 Å². The van der Waals surface area contributed by atoms with Crippen molar-refractivity contribution in [3.8, 4) is 28.0 Å². The lowest BCUT2D eigenvalue weighted by Crippen LogP contribution is -2.23. The average molecular weight is 512 g/mol. The van der Waals surface area contributed by atoms with Crippen LogP contribution in [0.5, 0.6) is 5.75 Å². The van der Waals surface area contributed by atoms with Crippen molar-refractivity contribution in [3.05, 3.63) is 70.0 Å². The molecule has 3 aromatic rings. The summed E-state index contributed by atoms with van der Waals surface area (Å²) in [5, 5.41) is 9.79. The molecule has 4 rings (SSSR count). The molecular weight excluding hydrogens is 481 g/mol. The van der Waals surface area contributed by atoms with Crippen molar-refractivity contribution in [1.82, 2.24) is 0 Å². The monoisotopic (exact) mass is 511 g/mol. The van der Waals surface area contributed by atoms with Crippen LogP contribution in [0.15, 0.2) is 36.4 Å². The van der Waals surface area contributed by atoms with Crippen LogP contribution in [0.3, 0.4) is 0 Å². The summed E-state index contributed by atoms with van der Waals surface area (Å²) in [6.07, 6.45) is -0.309. The zero-order valence-electron chi connectivity index (χ0n) is 21.2. The third-order valence-electron chi connectivity index (χ3n) is 6.22. The van der Waals surface area contributed by atoms with Crippen LogP contribution in [-0.4, -0.2) is 25.1 Å². The largest absolute Gasteiger partial charge is 0.488 e. The van der Waals surface area contributed by atoms with Gasteiger partial charge < -0.3 is 9.84 Å². The highest BCUT2D eigenvalue weighted by molar-refractivity contribution is 7.92. The molecule has 0 saturated heterocycles. The predicted octanol–water partition coefficient (Wildman–Crippen LogP) is 6.14. The van der Waals surface area contributed by atoms with Crippen molar-refractivity contribution in [3.63, 3.8) is 0 Å². The Kier molecular flexibility index (Phi) is 6.37. The molecule has 0 spiro atoms. The van der Waals surface area contributed by atoms with Crippen molar-refractivity contribution in [2.75, 3.05) is 4.72 Å². The van der Waals surface area contributed by atoms with E-state index in [0.29, 0.717) is 55.9 Å². The van der Waals surface area contributed by atoms with Gasteiger partial charge in [-0.15, -0.1) is 0 Å². The Bertz CT molecular complexity index is 1500. The van der Waals surface area contributed by atoms with Crippen molar-refractivity contribution in [2.45, 2.75) is 59.3 Å². The van der Waals surface area contributed by atoms with Crippen molar-refractivity contribution in [1.29, 1.82) is 0 Å². The Hall–Kier alpha value is -3.39. The second-order valence-corrected chi connectivity index (χ2v) is 12.0. The van der Waals surface area contributed by atoms with E-state index < -0.39 is 27.4 Å². The van der Waals surface area contributed by atoms with Crippen LogP contribution >= 0.6 is 0 Å². The zero-order valence-corrected chi connectivity index (χ0v) is 22.1. The highest BCUT2D eigenvalue weighted by Crippen LogP contribution is 2.48. The normalized spacial score (nSPS) is 14.3. The van der Waals surface area contributed by atoms with Crippen LogP contribution in [0.2, 0.25) is 0 Å². The van der Waals surface area contributed by atoms with E-state index in [9.17, 15) is 22.7 Å². The third kappa shape index (κ3) is 4.95. The summed E-state index contributed by atoms with van der Waals surface area (Å²) in [6.45, 7) is 11.3. The minimum atomic E-state index is -3.85. The fourth-order valence-corrected chi connectivity index (χ4v) is 6.12. The number of ether oxygens (including phenoxy) is 1. The average Bonchev–Trinajstić information content (AvgIpc) is 2.84. The molecule has 1 aliphatic heterocycles. The Balaban J connectivity index is 2.16. The number of hydrogen-bond donors (Lipinski definition) is 2. The number of nitrogens with one attached hydrogen (secondary N) is 1. The Morgan fingerprint density at radius 3 is 2.33 bits per heavy atom. The summed E-state index contributed by atoms with van der Waals surface area (Å²) < 4.78 is 49.0. The number of aryl methyl sites for hydroxylation is 1. The van der Waals surface area contributed by atoms with Crippen molar-refractivity contribution >= 4 is 21.7 Å². The molecule has 1 heterocycles. The number of rotatable bonds is 4. The van der Waals surface area contributed by atoms with Gasteiger partial charge in [0.1, 0.15) is 17.2 Å². The molecule has 36 heavy (non-hydrogen) atoms. The summed E-state index contributed by atoms with van der Waals surface area (Å²) in [5.74, 6) is -1.35. The first-order valence-electron chi connectivity index (χ1n) is 11.6. The number of halogens is 1. The first kappa shape index (κ1) is 25.7. The molecule has 6 nitrogen and oxygen atoms in total. The molecule has 0 saturated carbocycles. The number of benzene rings is 3. The van der Waals surface area contributed by atoms with E-state index in [-0.39, 0.29) is 12.2 Å². The molecule has 0 radical (unpaired) electrons. The topological polar surface area (TPSA) is 92.7 Å². The van der Waals surface area contributed by atoms with Gasteiger partial charge in [-0.1, -0.05) is 18.2 Å². The van der Waals surface area contributed by atoms with Crippen molar-refractivity contribution in [2.24, 2.45) is 0 Å².